The van der Waals surface area contributed by atoms with Gasteiger partial charge in [-0.05, 0) is 44.0 Å². The molecular weight excluding hydrogens is 288 g/mol. The van der Waals surface area contributed by atoms with Crippen LogP contribution in [0.1, 0.15) is 30.3 Å². The summed E-state index contributed by atoms with van der Waals surface area (Å²) in [7, 11) is 0. The summed E-state index contributed by atoms with van der Waals surface area (Å²) in [5.41, 5.74) is 1.01. The molecule has 2 aromatic rings. The van der Waals surface area contributed by atoms with E-state index in [1.165, 1.54) is 12.8 Å². The number of benzene rings is 1. The van der Waals surface area contributed by atoms with E-state index in [0.29, 0.717) is 0 Å². The van der Waals surface area contributed by atoms with Crippen molar-refractivity contribution in [3.63, 3.8) is 0 Å². The molecule has 0 saturated carbocycles. The van der Waals surface area contributed by atoms with E-state index in [1.807, 2.05) is 36.5 Å². The zero-order valence-corrected chi connectivity index (χ0v) is 13.5. The van der Waals surface area contributed by atoms with Crippen LogP contribution in [0.3, 0.4) is 0 Å². The molecule has 124 valence electrons. The largest absolute Gasteiger partial charge is 0.387 e. The minimum atomic E-state index is -0.384. The molecule has 0 spiro atoms. The number of aliphatic hydroxyl groups excluding tert-OH is 1. The van der Waals surface area contributed by atoms with Crippen LogP contribution in [0.5, 0.6) is 0 Å². The molecule has 0 radical (unpaired) electrons. The highest BCUT2D eigenvalue weighted by atomic mass is 16.3. The van der Waals surface area contributed by atoms with Crippen molar-refractivity contribution in [2.24, 2.45) is 5.92 Å². The Morgan fingerprint density at radius 3 is 2.74 bits per heavy atom. The van der Waals surface area contributed by atoms with Gasteiger partial charge < -0.3 is 20.3 Å². The first-order valence-corrected chi connectivity index (χ1v) is 8.45. The zero-order chi connectivity index (χ0) is 15.9. The van der Waals surface area contributed by atoms with Gasteiger partial charge in [-0.2, -0.15) is 0 Å². The molecule has 1 unspecified atom stereocenters. The lowest BCUT2D eigenvalue weighted by Gasteiger charge is -2.33. The number of aromatic amines is 1. The molecule has 1 atom stereocenters. The molecule has 1 fully saturated rings. The summed E-state index contributed by atoms with van der Waals surface area (Å²) in [6.45, 7) is 4.71. The van der Waals surface area contributed by atoms with Gasteiger partial charge in [0.05, 0.1) is 12.6 Å². The summed E-state index contributed by atoms with van der Waals surface area (Å²) < 4.78 is 0. The lowest BCUT2D eigenvalue weighted by molar-refractivity contribution is 0.0891. The Labute approximate surface area is 137 Å². The smallest absolute Gasteiger partial charge is 0.120 e. The zero-order valence-electron chi connectivity index (χ0n) is 13.5. The summed E-state index contributed by atoms with van der Waals surface area (Å²) in [4.78, 5) is 9.70. The van der Waals surface area contributed by atoms with Crippen molar-refractivity contribution in [2.45, 2.75) is 25.5 Å². The maximum atomic E-state index is 10.3. The number of rotatable bonds is 7. The van der Waals surface area contributed by atoms with E-state index in [0.717, 1.165) is 50.0 Å². The number of hydrogen-bond donors (Lipinski definition) is 3. The summed E-state index contributed by atoms with van der Waals surface area (Å²) in [6, 6.07) is 9.94. The molecule has 3 rings (SSSR count). The highest BCUT2D eigenvalue weighted by Gasteiger charge is 2.21. The van der Waals surface area contributed by atoms with E-state index in [9.17, 15) is 5.11 Å². The SMILES string of the molecule is OC(CN1CCC(CNCc2ncc[nH]2)CC1)c1ccccc1. The van der Waals surface area contributed by atoms with E-state index in [4.69, 9.17) is 0 Å². The lowest BCUT2D eigenvalue weighted by atomic mass is 9.96. The second kappa shape index (κ2) is 8.24. The highest BCUT2D eigenvalue weighted by Crippen LogP contribution is 2.20. The van der Waals surface area contributed by atoms with Crippen LogP contribution >= 0.6 is 0 Å². The van der Waals surface area contributed by atoms with Crippen LogP contribution < -0.4 is 5.32 Å². The van der Waals surface area contributed by atoms with Crippen LogP contribution in [-0.4, -0.2) is 46.2 Å². The van der Waals surface area contributed by atoms with Gasteiger partial charge in [-0.1, -0.05) is 30.3 Å². The van der Waals surface area contributed by atoms with E-state index >= 15 is 0 Å². The Kier molecular flexibility index (Phi) is 5.80. The van der Waals surface area contributed by atoms with Gasteiger partial charge in [0, 0.05) is 18.9 Å². The van der Waals surface area contributed by atoms with Gasteiger partial charge in [-0.25, -0.2) is 4.98 Å². The standard InChI is InChI=1S/C18H26N4O/c23-17(16-4-2-1-3-5-16)14-22-10-6-15(7-11-22)12-19-13-18-20-8-9-21-18/h1-5,8-9,15,17,19,23H,6-7,10-14H2,(H,20,21). The molecule has 0 aliphatic carbocycles. The second-order valence-electron chi connectivity index (χ2n) is 6.34. The molecule has 5 heteroatoms. The number of nitrogens with zero attached hydrogens (tertiary/aromatic N) is 2. The van der Waals surface area contributed by atoms with Crippen molar-refractivity contribution < 1.29 is 5.11 Å². The first-order valence-electron chi connectivity index (χ1n) is 8.45. The number of nitrogens with one attached hydrogen (secondary N) is 2. The van der Waals surface area contributed by atoms with Crippen LogP contribution in [0.25, 0.3) is 0 Å². The molecule has 0 amide bonds. The predicted molar refractivity (Wildman–Crippen MR) is 90.9 cm³/mol. The topological polar surface area (TPSA) is 64.2 Å². The predicted octanol–water partition coefficient (Wildman–Crippen LogP) is 1.94. The van der Waals surface area contributed by atoms with E-state index in [2.05, 4.69) is 20.2 Å². The Hall–Kier alpha value is -1.69. The summed E-state index contributed by atoms with van der Waals surface area (Å²) in [6.07, 6.45) is 5.63. The minimum Gasteiger partial charge on any atom is -0.387 e. The Balaban J connectivity index is 1.35. The molecule has 23 heavy (non-hydrogen) atoms. The van der Waals surface area contributed by atoms with Crippen molar-refractivity contribution in [1.82, 2.24) is 20.2 Å². The van der Waals surface area contributed by atoms with Crippen LogP contribution in [0.2, 0.25) is 0 Å². The normalized spacial score (nSPS) is 18.1. The van der Waals surface area contributed by atoms with Gasteiger partial charge in [0.25, 0.3) is 0 Å². The number of H-pyrrole nitrogens is 1. The van der Waals surface area contributed by atoms with E-state index in [-0.39, 0.29) is 6.10 Å². The molecular formula is C18H26N4O. The first kappa shape index (κ1) is 16.2. The lowest BCUT2D eigenvalue weighted by Crippen LogP contribution is -2.39. The van der Waals surface area contributed by atoms with Gasteiger partial charge in [0.15, 0.2) is 0 Å². The molecule has 1 aliphatic heterocycles. The summed E-state index contributed by atoms with van der Waals surface area (Å²) >= 11 is 0. The summed E-state index contributed by atoms with van der Waals surface area (Å²) in [5, 5.41) is 13.8. The van der Waals surface area contributed by atoms with Crippen molar-refractivity contribution in [3.8, 4) is 0 Å². The van der Waals surface area contributed by atoms with Gasteiger partial charge in [0.2, 0.25) is 0 Å². The second-order valence-corrected chi connectivity index (χ2v) is 6.34. The van der Waals surface area contributed by atoms with Gasteiger partial charge >= 0.3 is 0 Å². The van der Waals surface area contributed by atoms with Crippen molar-refractivity contribution >= 4 is 0 Å². The highest BCUT2D eigenvalue weighted by molar-refractivity contribution is 5.17. The van der Waals surface area contributed by atoms with Crippen molar-refractivity contribution in [3.05, 3.63) is 54.1 Å². The fourth-order valence-corrected chi connectivity index (χ4v) is 3.19. The third-order valence-electron chi connectivity index (χ3n) is 4.60. The number of piperidine rings is 1. The molecule has 0 bridgehead atoms. The van der Waals surface area contributed by atoms with Gasteiger partial charge in [0.1, 0.15) is 5.82 Å². The number of aliphatic hydroxyl groups is 1. The minimum absolute atomic E-state index is 0.384. The fourth-order valence-electron chi connectivity index (χ4n) is 3.19. The number of aromatic nitrogens is 2. The van der Waals surface area contributed by atoms with Crippen LogP contribution in [-0.2, 0) is 6.54 Å². The maximum absolute atomic E-state index is 10.3. The average molecular weight is 314 g/mol. The van der Waals surface area contributed by atoms with Crippen molar-refractivity contribution in [1.29, 1.82) is 0 Å². The Bertz CT molecular complexity index is 550. The van der Waals surface area contributed by atoms with Crippen LogP contribution in [0.15, 0.2) is 42.7 Å². The van der Waals surface area contributed by atoms with Gasteiger partial charge in [-0.15, -0.1) is 0 Å². The quantitative estimate of drug-likeness (QED) is 0.731. The van der Waals surface area contributed by atoms with Gasteiger partial charge in [-0.3, -0.25) is 0 Å². The Morgan fingerprint density at radius 1 is 1.26 bits per heavy atom. The third-order valence-corrected chi connectivity index (χ3v) is 4.60. The first-order chi connectivity index (χ1) is 11.3. The fraction of sp³-hybridized carbons (Fsp3) is 0.500. The van der Waals surface area contributed by atoms with Crippen LogP contribution in [0, 0.1) is 5.92 Å². The summed E-state index contributed by atoms with van der Waals surface area (Å²) in [5.74, 6) is 1.71. The molecule has 2 heterocycles. The number of imidazole rings is 1. The average Bonchev–Trinajstić information content (AvgIpc) is 3.11. The third kappa shape index (κ3) is 4.89. The number of hydrogen-bond acceptors (Lipinski definition) is 4. The molecule has 1 aliphatic rings. The molecule has 3 N–H and O–H groups in total. The molecule has 1 aromatic heterocycles. The Morgan fingerprint density at radius 2 is 2.04 bits per heavy atom. The number of β-amino-alcohol motifs (C(OH)–C–C–N with tert-alkyl or cyclic N) is 1. The van der Waals surface area contributed by atoms with E-state index in [1.54, 1.807) is 6.20 Å². The molecule has 1 saturated heterocycles. The number of likely N-dealkylation sites (tertiary alicyclic amines) is 1. The maximum Gasteiger partial charge on any atom is 0.120 e. The monoisotopic (exact) mass is 314 g/mol. The van der Waals surface area contributed by atoms with Crippen molar-refractivity contribution in [2.75, 3.05) is 26.2 Å². The van der Waals surface area contributed by atoms with Crippen LogP contribution in [0.4, 0.5) is 0 Å². The molecule has 1 aromatic carbocycles. The van der Waals surface area contributed by atoms with E-state index < -0.39 is 0 Å². The molecule has 5 nitrogen and oxygen atoms in total.